The Balaban J connectivity index is 0.000000416. The SMILES string of the molecule is CNC(=O)C1Cn2cc(C(N)=O)nc2-c2cc(C#CC(C)O)ccc2O1.Cc1ccno1. The Labute approximate surface area is 184 Å². The fourth-order valence-corrected chi connectivity index (χ4v) is 2.91. The normalized spacial score (nSPS) is 14.7. The molecule has 32 heavy (non-hydrogen) atoms. The zero-order valence-corrected chi connectivity index (χ0v) is 17.8. The fourth-order valence-electron chi connectivity index (χ4n) is 2.91. The largest absolute Gasteiger partial charge is 0.478 e. The zero-order valence-electron chi connectivity index (χ0n) is 17.8. The number of carbonyl (C=O) groups excluding carboxylic acids is 2. The third-order valence-electron chi connectivity index (χ3n) is 4.41. The van der Waals surface area contributed by atoms with Crippen LogP contribution >= 0.6 is 0 Å². The molecule has 10 heteroatoms. The number of aryl methyl sites for hydroxylation is 1. The number of primary amides is 1. The van der Waals surface area contributed by atoms with Crippen molar-refractivity contribution in [1.29, 1.82) is 0 Å². The van der Waals surface area contributed by atoms with Crippen LogP contribution in [0, 0.1) is 18.8 Å². The van der Waals surface area contributed by atoms with Gasteiger partial charge in [-0.25, -0.2) is 4.98 Å². The molecule has 0 fully saturated rings. The summed E-state index contributed by atoms with van der Waals surface area (Å²) in [5, 5.41) is 15.3. The molecule has 0 saturated carbocycles. The number of nitrogens with one attached hydrogen (secondary N) is 1. The van der Waals surface area contributed by atoms with Gasteiger partial charge in [0.1, 0.15) is 29.1 Å². The van der Waals surface area contributed by atoms with Gasteiger partial charge in [0.2, 0.25) is 0 Å². The van der Waals surface area contributed by atoms with E-state index in [1.54, 1.807) is 42.0 Å². The zero-order chi connectivity index (χ0) is 23.3. The van der Waals surface area contributed by atoms with Gasteiger partial charge in [0, 0.05) is 24.9 Å². The van der Waals surface area contributed by atoms with Gasteiger partial charge in [0.15, 0.2) is 6.10 Å². The summed E-state index contributed by atoms with van der Waals surface area (Å²) in [4.78, 5) is 27.9. The standard InChI is InChI=1S/C18H18N4O4.C4H5NO/c1-10(23)3-4-11-5-6-14-12(7-11)17-21-13(16(19)24)8-22(17)9-15(26-14)18(25)20-2;1-4-2-3-5-6-4/h5-8,10,15,23H,9H2,1-2H3,(H2,19,24)(H,20,25);2-3H,1H3. The van der Waals surface area contributed by atoms with Crippen LogP contribution in [0.3, 0.4) is 0 Å². The summed E-state index contributed by atoms with van der Waals surface area (Å²) in [6.07, 6.45) is 1.57. The summed E-state index contributed by atoms with van der Waals surface area (Å²) in [5.74, 6) is 6.33. The lowest BCUT2D eigenvalue weighted by Gasteiger charge is -2.16. The second-order valence-corrected chi connectivity index (χ2v) is 6.97. The Morgan fingerprint density at radius 1 is 1.38 bits per heavy atom. The number of aliphatic hydroxyl groups excluding tert-OH is 1. The third-order valence-corrected chi connectivity index (χ3v) is 4.41. The van der Waals surface area contributed by atoms with Gasteiger partial charge in [0.05, 0.1) is 18.3 Å². The molecule has 0 bridgehead atoms. The highest BCUT2D eigenvalue weighted by molar-refractivity contribution is 5.91. The Hall–Kier alpha value is -4.10. The van der Waals surface area contributed by atoms with E-state index >= 15 is 0 Å². The quantitative estimate of drug-likeness (QED) is 0.504. The molecule has 0 spiro atoms. The highest BCUT2D eigenvalue weighted by Gasteiger charge is 2.29. The second-order valence-electron chi connectivity index (χ2n) is 6.97. The van der Waals surface area contributed by atoms with Crippen LogP contribution in [-0.4, -0.2) is 50.9 Å². The number of aromatic nitrogens is 3. The number of benzene rings is 1. The first-order chi connectivity index (χ1) is 15.3. The first-order valence-electron chi connectivity index (χ1n) is 9.75. The number of ether oxygens (including phenoxy) is 1. The van der Waals surface area contributed by atoms with Crippen molar-refractivity contribution in [2.45, 2.75) is 32.6 Å². The van der Waals surface area contributed by atoms with Crippen molar-refractivity contribution in [1.82, 2.24) is 20.0 Å². The minimum Gasteiger partial charge on any atom is -0.478 e. The van der Waals surface area contributed by atoms with Crippen LogP contribution < -0.4 is 15.8 Å². The number of nitrogens with two attached hydrogens (primary N) is 1. The average Bonchev–Trinajstić information content (AvgIpc) is 3.38. The van der Waals surface area contributed by atoms with Crippen LogP contribution in [0.4, 0.5) is 0 Å². The molecule has 2 amide bonds. The van der Waals surface area contributed by atoms with Crippen LogP contribution in [0.2, 0.25) is 0 Å². The molecule has 166 valence electrons. The monoisotopic (exact) mass is 437 g/mol. The summed E-state index contributed by atoms with van der Waals surface area (Å²) < 4.78 is 12.1. The summed E-state index contributed by atoms with van der Waals surface area (Å²) in [5.41, 5.74) is 6.67. The molecular formula is C22H23N5O5. The fraction of sp³-hybridized carbons (Fsp3) is 0.273. The van der Waals surface area contributed by atoms with Gasteiger partial charge in [-0.1, -0.05) is 17.0 Å². The molecule has 1 aliphatic rings. The number of imidazole rings is 1. The number of carbonyl (C=O) groups is 2. The third kappa shape index (κ3) is 5.33. The van der Waals surface area contributed by atoms with Crippen LogP contribution in [0.5, 0.6) is 5.75 Å². The van der Waals surface area contributed by atoms with Crippen LogP contribution in [-0.2, 0) is 11.3 Å². The number of nitrogens with zero attached hydrogens (tertiary/aromatic N) is 3. The first-order valence-corrected chi connectivity index (χ1v) is 9.75. The molecule has 0 saturated heterocycles. The minimum absolute atomic E-state index is 0.101. The molecule has 2 unspecified atom stereocenters. The summed E-state index contributed by atoms with van der Waals surface area (Å²) in [6, 6.07) is 6.95. The van der Waals surface area contributed by atoms with E-state index in [-0.39, 0.29) is 18.1 Å². The minimum atomic E-state index is -0.788. The van der Waals surface area contributed by atoms with Gasteiger partial charge < -0.3 is 30.0 Å². The lowest BCUT2D eigenvalue weighted by atomic mass is 10.1. The lowest BCUT2D eigenvalue weighted by molar-refractivity contribution is -0.127. The molecule has 0 aliphatic carbocycles. The van der Waals surface area contributed by atoms with E-state index in [0.717, 1.165) is 5.76 Å². The number of amides is 2. The van der Waals surface area contributed by atoms with Crippen LogP contribution in [0.15, 0.2) is 41.2 Å². The van der Waals surface area contributed by atoms with Gasteiger partial charge in [-0.2, -0.15) is 0 Å². The van der Waals surface area contributed by atoms with E-state index in [2.05, 4.69) is 31.8 Å². The number of hydrogen-bond acceptors (Lipinski definition) is 7. The van der Waals surface area contributed by atoms with Gasteiger partial charge in [0.25, 0.3) is 11.8 Å². The topological polar surface area (TPSA) is 146 Å². The Kier molecular flexibility index (Phi) is 6.92. The molecule has 4 N–H and O–H groups in total. The maximum Gasteiger partial charge on any atom is 0.268 e. The number of aliphatic hydroxyl groups is 1. The number of hydrogen-bond donors (Lipinski definition) is 3. The molecule has 3 aromatic rings. The molecule has 0 radical (unpaired) electrons. The van der Waals surface area contributed by atoms with Gasteiger partial charge >= 0.3 is 0 Å². The Morgan fingerprint density at radius 2 is 2.16 bits per heavy atom. The van der Waals surface area contributed by atoms with Crippen molar-refractivity contribution in [3.8, 4) is 29.0 Å². The van der Waals surface area contributed by atoms with Crippen molar-refractivity contribution >= 4 is 11.8 Å². The smallest absolute Gasteiger partial charge is 0.268 e. The Morgan fingerprint density at radius 3 is 2.72 bits per heavy atom. The first kappa shape index (κ1) is 22.6. The number of rotatable bonds is 2. The van der Waals surface area contributed by atoms with Crippen molar-refractivity contribution in [3.05, 3.63) is 53.7 Å². The molecule has 2 atom stereocenters. The van der Waals surface area contributed by atoms with Crippen molar-refractivity contribution in [2.24, 2.45) is 5.73 Å². The number of likely N-dealkylation sites (N-methyl/N-ethyl adjacent to an activating group) is 1. The highest BCUT2D eigenvalue weighted by Crippen LogP contribution is 2.34. The highest BCUT2D eigenvalue weighted by atomic mass is 16.5. The van der Waals surface area contributed by atoms with E-state index in [1.165, 1.54) is 13.2 Å². The van der Waals surface area contributed by atoms with E-state index in [1.807, 2.05) is 6.92 Å². The van der Waals surface area contributed by atoms with E-state index in [4.69, 9.17) is 10.5 Å². The van der Waals surface area contributed by atoms with Crippen LogP contribution in [0.25, 0.3) is 11.4 Å². The maximum atomic E-state index is 12.1. The molecule has 3 heterocycles. The average molecular weight is 437 g/mol. The van der Waals surface area contributed by atoms with Crippen molar-refractivity contribution in [3.63, 3.8) is 0 Å². The maximum absolute atomic E-state index is 12.1. The van der Waals surface area contributed by atoms with E-state index in [0.29, 0.717) is 22.7 Å². The van der Waals surface area contributed by atoms with Crippen molar-refractivity contribution in [2.75, 3.05) is 7.05 Å². The lowest BCUT2D eigenvalue weighted by Crippen LogP contribution is -2.38. The summed E-state index contributed by atoms with van der Waals surface area (Å²) in [7, 11) is 1.52. The van der Waals surface area contributed by atoms with Gasteiger partial charge in [-0.15, -0.1) is 0 Å². The molecular weight excluding hydrogens is 414 g/mol. The number of fused-ring (bicyclic) bond motifs is 3. The molecule has 1 aromatic carbocycles. The second kappa shape index (κ2) is 9.80. The Bertz CT molecular complexity index is 1170. The summed E-state index contributed by atoms with van der Waals surface area (Å²) >= 11 is 0. The predicted molar refractivity (Wildman–Crippen MR) is 114 cm³/mol. The van der Waals surface area contributed by atoms with Crippen molar-refractivity contribution < 1.29 is 24.0 Å². The van der Waals surface area contributed by atoms with Crippen LogP contribution in [0.1, 0.15) is 28.7 Å². The molecule has 10 nitrogen and oxygen atoms in total. The van der Waals surface area contributed by atoms with E-state index in [9.17, 15) is 14.7 Å². The van der Waals surface area contributed by atoms with E-state index < -0.39 is 18.1 Å². The molecule has 1 aliphatic heterocycles. The van der Waals surface area contributed by atoms with Gasteiger partial charge in [-0.05, 0) is 32.0 Å². The molecule has 2 aromatic heterocycles. The summed E-state index contributed by atoms with van der Waals surface area (Å²) in [6.45, 7) is 3.60. The molecule has 4 rings (SSSR count). The predicted octanol–water partition coefficient (Wildman–Crippen LogP) is 0.871. The van der Waals surface area contributed by atoms with Gasteiger partial charge in [-0.3, -0.25) is 9.59 Å².